The van der Waals surface area contributed by atoms with E-state index in [-0.39, 0.29) is 31.9 Å². The fraction of sp³-hybridized carbons (Fsp3) is 0.231. The fourth-order valence-corrected chi connectivity index (χ4v) is 4.80. The number of nitrogens with one attached hydrogen (secondary N) is 2. The molecule has 3 aromatic rings. The van der Waals surface area contributed by atoms with Crippen molar-refractivity contribution in [3.05, 3.63) is 75.7 Å². The van der Waals surface area contributed by atoms with E-state index in [2.05, 4.69) is 33.7 Å². The van der Waals surface area contributed by atoms with E-state index in [1.165, 1.54) is 11.3 Å². The highest BCUT2D eigenvalue weighted by Gasteiger charge is 2.29. The quantitative estimate of drug-likeness (QED) is 0.397. The molecule has 0 fully saturated rings. The first kappa shape index (κ1) is 24.0. The number of carboxylic acids is 1. The molecule has 0 aliphatic heterocycles. The summed E-state index contributed by atoms with van der Waals surface area (Å²) in [4.78, 5) is 40.1. The number of amides is 2. The van der Waals surface area contributed by atoms with Gasteiger partial charge in [0.05, 0.1) is 18.7 Å². The zero-order valence-electron chi connectivity index (χ0n) is 18.7. The summed E-state index contributed by atoms with van der Waals surface area (Å²) in [6.07, 6.45) is 4.45. The highest BCUT2D eigenvalue weighted by molar-refractivity contribution is 7.09. The predicted molar refractivity (Wildman–Crippen MR) is 131 cm³/mol. The number of carbonyl (C=O) groups is 3. The van der Waals surface area contributed by atoms with Gasteiger partial charge in [-0.15, -0.1) is 23.7 Å². The number of aromatic nitrogens is 1. The number of hydrogen-bond donors (Lipinski definition) is 3. The third-order valence-electron chi connectivity index (χ3n) is 5.62. The minimum absolute atomic E-state index is 0.0157. The highest BCUT2D eigenvalue weighted by atomic mass is 32.1. The van der Waals surface area contributed by atoms with Gasteiger partial charge in [-0.25, -0.2) is 9.78 Å². The van der Waals surface area contributed by atoms with Crippen LogP contribution in [0.4, 0.5) is 4.79 Å². The summed E-state index contributed by atoms with van der Waals surface area (Å²) in [6, 6.07) is 15.0. The summed E-state index contributed by atoms with van der Waals surface area (Å²) in [5.41, 5.74) is 4.84. The van der Waals surface area contributed by atoms with Crippen LogP contribution in [0.5, 0.6) is 0 Å². The molecule has 1 aliphatic rings. The average Bonchev–Trinajstić information content (AvgIpc) is 3.42. The van der Waals surface area contributed by atoms with Gasteiger partial charge < -0.3 is 20.5 Å². The van der Waals surface area contributed by atoms with Gasteiger partial charge in [0.1, 0.15) is 17.7 Å². The summed E-state index contributed by atoms with van der Waals surface area (Å²) < 4.78 is 5.51. The number of carboxylic acid groups (broad SMARTS) is 1. The summed E-state index contributed by atoms with van der Waals surface area (Å²) >= 11 is 1.24. The number of rotatable bonds is 9. The lowest BCUT2D eigenvalue weighted by molar-refractivity contribution is -0.136. The van der Waals surface area contributed by atoms with Crippen molar-refractivity contribution in [2.45, 2.75) is 31.3 Å². The molecule has 1 unspecified atom stereocenters. The van der Waals surface area contributed by atoms with Crippen molar-refractivity contribution >= 4 is 29.3 Å². The lowest BCUT2D eigenvalue weighted by atomic mass is 9.98. The third kappa shape index (κ3) is 5.67. The van der Waals surface area contributed by atoms with Crippen LogP contribution in [0.1, 0.15) is 34.2 Å². The first-order valence-corrected chi connectivity index (χ1v) is 11.8. The molecular weight excluding hydrogens is 466 g/mol. The Kier molecular flexibility index (Phi) is 7.43. The number of hydrogen-bond acceptors (Lipinski definition) is 6. The maximum absolute atomic E-state index is 12.6. The second kappa shape index (κ2) is 10.8. The van der Waals surface area contributed by atoms with Gasteiger partial charge in [0.15, 0.2) is 0 Å². The summed E-state index contributed by atoms with van der Waals surface area (Å²) in [7, 11) is 0. The molecule has 1 aliphatic carbocycles. The number of fused-ring (bicyclic) bond motifs is 3. The number of benzene rings is 2. The molecule has 0 bridgehead atoms. The molecule has 1 heterocycles. The molecule has 0 radical (unpaired) electrons. The Balaban J connectivity index is 1.33. The minimum atomic E-state index is -0.979. The number of nitrogens with zero attached hydrogens (tertiary/aromatic N) is 1. The van der Waals surface area contributed by atoms with Crippen LogP contribution in [0, 0.1) is 12.3 Å². The Hall–Kier alpha value is -4.16. The van der Waals surface area contributed by atoms with E-state index < -0.39 is 24.0 Å². The summed E-state index contributed by atoms with van der Waals surface area (Å²) in [5, 5.41) is 16.2. The maximum atomic E-state index is 12.6. The van der Waals surface area contributed by atoms with E-state index in [0.29, 0.717) is 10.7 Å². The van der Waals surface area contributed by atoms with Crippen LogP contribution in [-0.2, 0) is 27.3 Å². The number of thiazole rings is 1. The van der Waals surface area contributed by atoms with Crippen LogP contribution >= 0.6 is 11.3 Å². The largest absolute Gasteiger partial charge is 0.481 e. The van der Waals surface area contributed by atoms with Crippen molar-refractivity contribution in [3.63, 3.8) is 0 Å². The predicted octanol–water partition coefficient (Wildman–Crippen LogP) is 3.32. The molecule has 178 valence electrons. The molecule has 0 saturated heterocycles. The standard InChI is InChI=1S/C26H23N3O5S/c1-2-7-22(25(32)27-13-23-28-16(15-35-23)12-24(30)31)29-26(33)34-14-21-19-10-5-3-8-17(19)18-9-4-6-11-20(18)21/h1,3-6,8-11,15,21-22H,7,12-14H2,(H,27,32)(H,29,33)(H,30,31). The van der Waals surface area contributed by atoms with Crippen molar-refractivity contribution < 1.29 is 24.2 Å². The van der Waals surface area contributed by atoms with Crippen LogP contribution in [-0.4, -0.2) is 40.7 Å². The monoisotopic (exact) mass is 489 g/mol. The molecule has 0 saturated carbocycles. The first-order chi connectivity index (χ1) is 17.0. The van der Waals surface area contributed by atoms with Crippen molar-refractivity contribution in [3.8, 4) is 23.5 Å². The van der Waals surface area contributed by atoms with Crippen LogP contribution < -0.4 is 10.6 Å². The molecule has 1 aromatic heterocycles. The Morgan fingerprint density at radius 3 is 2.40 bits per heavy atom. The van der Waals surface area contributed by atoms with Crippen molar-refractivity contribution in [2.24, 2.45) is 0 Å². The van der Waals surface area contributed by atoms with Crippen molar-refractivity contribution in [2.75, 3.05) is 6.61 Å². The third-order valence-corrected chi connectivity index (χ3v) is 6.52. The topological polar surface area (TPSA) is 118 Å². The van der Waals surface area contributed by atoms with Gasteiger partial charge in [-0.1, -0.05) is 48.5 Å². The second-order valence-corrected chi connectivity index (χ2v) is 8.89. The van der Waals surface area contributed by atoms with E-state index in [0.717, 1.165) is 22.3 Å². The lowest BCUT2D eigenvalue weighted by Crippen LogP contribution is -2.46. The van der Waals surface area contributed by atoms with Gasteiger partial charge in [-0.05, 0) is 22.3 Å². The Bertz CT molecular complexity index is 1250. The second-order valence-electron chi connectivity index (χ2n) is 7.95. The maximum Gasteiger partial charge on any atom is 0.407 e. The van der Waals surface area contributed by atoms with Crippen molar-refractivity contribution in [1.29, 1.82) is 0 Å². The smallest absolute Gasteiger partial charge is 0.407 e. The van der Waals surface area contributed by atoms with E-state index >= 15 is 0 Å². The van der Waals surface area contributed by atoms with Gasteiger partial charge in [0.25, 0.3) is 0 Å². The van der Waals surface area contributed by atoms with E-state index in [1.807, 2.05) is 36.4 Å². The van der Waals surface area contributed by atoms with Crippen molar-refractivity contribution in [1.82, 2.24) is 15.6 Å². The molecule has 9 heteroatoms. The average molecular weight is 490 g/mol. The zero-order valence-corrected chi connectivity index (χ0v) is 19.5. The minimum Gasteiger partial charge on any atom is -0.481 e. The molecule has 2 aromatic carbocycles. The molecule has 3 N–H and O–H groups in total. The van der Waals surface area contributed by atoms with Crippen LogP contribution in [0.15, 0.2) is 53.9 Å². The SMILES string of the molecule is C#CCC(NC(=O)OCC1c2ccccc2-c2ccccc21)C(=O)NCc1nc(CC(=O)O)cs1. The number of alkyl carbamates (subject to hydrolysis) is 1. The Labute approximate surface area is 206 Å². The zero-order chi connectivity index (χ0) is 24.8. The van der Waals surface area contributed by atoms with Crippen LogP contribution in [0.25, 0.3) is 11.1 Å². The van der Waals surface area contributed by atoms with E-state index in [9.17, 15) is 14.4 Å². The Morgan fingerprint density at radius 1 is 1.11 bits per heavy atom. The normalized spacial score (nSPS) is 12.7. The van der Waals surface area contributed by atoms with Gasteiger partial charge >= 0.3 is 12.1 Å². The molecule has 2 amide bonds. The molecular formula is C26H23N3O5S. The number of carbonyl (C=O) groups excluding carboxylic acids is 2. The molecule has 1 atom stereocenters. The van der Waals surface area contributed by atoms with Crippen LogP contribution in [0.3, 0.4) is 0 Å². The van der Waals surface area contributed by atoms with Gasteiger partial charge in [0, 0.05) is 17.7 Å². The van der Waals surface area contributed by atoms with Gasteiger partial charge in [-0.2, -0.15) is 0 Å². The summed E-state index contributed by atoms with van der Waals surface area (Å²) in [6.45, 7) is 0.215. The lowest BCUT2D eigenvalue weighted by Gasteiger charge is -2.18. The van der Waals surface area contributed by atoms with Gasteiger partial charge in [-0.3, -0.25) is 9.59 Å². The molecule has 0 spiro atoms. The molecule has 8 nitrogen and oxygen atoms in total. The number of terminal acetylenes is 1. The molecule has 35 heavy (non-hydrogen) atoms. The van der Waals surface area contributed by atoms with Gasteiger partial charge in [0.2, 0.25) is 5.91 Å². The first-order valence-electron chi connectivity index (χ1n) is 10.9. The highest BCUT2D eigenvalue weighted by Crippen LogP contribution is 2.44. The fourth-order valence-electron chi connectivity index (χ4n) is 4.06. The van der Waals surface area contributed by atoms with Crippen LogP contribution in [0.2, 0.25) is 0 Å². The number of ether oxygens (including phenoxy) is 1. The Morgan fingerprint density at radius 2 is 1.77 bits per heavy atom. The summed E-state index contributed by atoms with van der Waals surface area (Å²) in [5.74, 6) is 0.833. The van der Waals surface area contributed by atoms with E-state index in [4.69, 9.17) is 16.3 Å². The number of aliphatic carboxylic acids is 1. The molecule has 4 rings (SSSR count). The van der Waals surface area contributed by atoms with E-state index in [1.54, 1.807) is 5.38 Å².